The molecule has 0 atom stereocenters. The number of hydrogen-bond donors (Lipinski definition) is 1. The van der Waals surface area contributed by atoms with E-state index in [1.165, 1.54) is 18.2 Å². The predicted molar refractivity (Wildman–Crippen MR) is 76.1 cm³/mol. The largest absolute Gasteiger partial charge is 0.305 e. The summed E-state index contributed by atoms with van der Waals surface area (Å²) in [6, 6.07) is 10.8. The zero-order chi connectivity index (χ0) is 15.2. The van der Waals surface area contributed by atoms with Gasteiger partial charge in [0.1, 0.15) is 5.82 Å². The van der Waals surface area contributed by atoms with Crippen molar-refractivity contribution in [1.82, 2.24) is 0 Å². The Labute approximate surface area is 121 Å². The number of amides is 1. The van der Waals surface area contributed by atoms with Crippen molar-refractivity contribution in [1.29, 1.82) is 0 Å². The summed E-state index contributed by atoms with van der Waals surface area (Å²) in [5, 5.41) is 5.04. The molecule has 0 saturated heterocycles. The van der Waals surface area contributed by atoms with Crippen LogP contribution in [0, 0.1) is 5.82 Å². The van der Waals surface area contributed by atoms with E-state index in [0.717, 1.165) is 0 Å². The van der Waals surface area contributed by atoms with Crippen molar-refractivity contribution in [2.45, 2.75) is 6.42 Å². The molecule has 0 fully saturated rings. The third-order valence-electron chi connectivity index (χ3n) is 3.28. The second kappa shape index (κ2) is 4.64. The fourth-order valence-electron chi connectivity index (χ4n) is 2.42. The Kier molecular flexibility index (Phi) is 3.03. The lowest BCUT2D eigenvalue weighted by atomic mass is 10.0. The topological polar surface area (TPSA) is 80.5 Å². The third-order valence-corrected chi connectivity index (χ3v) is 4.19. The first kappa shape index (κ1) is 13.7. The Morgan fingerprint density at radius 3 is 2.48 bits per heavy atom. The third kappa shape index (κ3) is 2.41. The fraction of sp³-hybridized carbons (Fsp3) is 0.0714. The minimum absolute atomic E-state index is 0.0467. The predicted octanol–water partition coefficient (Wildman–Crippen LogP) is 1.59. The Morgan fingerprint density at radius 2 is 1.81 bits per heavy atom. The van der Waals surface area contributed by atoms with Crippen molar-refractivity contribution in [3.8, 4) is 11.1 Å². The molecule has 7 heteroatoms. The number of nitrogens with two attached hydrogens (primary N) is 1. The first-order chi connectivity index (χ1) is 9.86. The number of hydrogen-bond acceptors (Lipinski definition) is 3. The van der Waals surface area contributed by atoms with Crippen LogP contribution >= 0.6 is 0 Å². The monoisotopic (exact) mass is 306 g/mol. The van der Waals surface area contributed by atoms with Crippen LogP contribution in [0.5, 0.6) is 0 Å². The van der Waals surface area contributed by atoms with Crippen molar-refractivity contribution < 1.29 is 17.6 Å². The highest BCUT2D eigenvalue weighted by molar-refractivity contribution is 7.91. The summed E-state index contributed by atoms with van der Waals surface area (Å²) >= 11 is 0. The smallest absolute Gasteiger partial charge is 0.273 e. The molecule has 21 heavy (non-hydrogen) atoms. The van der Waals surface area contributed by atoms with Crippen LogP contribution in [0.2, 0.25) is 0 Å². The van der Waals surface area contributed by atoms with Gasteiger partial charge in [0.25, 0.3) is 0 Å². The highest BCUT2D eigenvalue weighted by Crippen LogP contribution is 2.34. The molecular formula is C14H11FN2O3S. The van der Waals surface area contributed by atoms with E-state index in [9.17, 15) is 17.6 Å². The number of benzene rings is 2. The zero-order valence-corrected chi connectivity index (χ0v) is 11.6. The van der Waals surface area contributed by atoms with Gasteiger partial charge < -0.3 is 0 Å². The molecule has 0 bridgehead atoms. The molecule has 0 aliphatic carbocycles. The molecule has 0 unspecified atom stereocenters. The van der Waals surface area contributed by atoms with Gasteiger partial charge in [-0.3, -0.25) is 4.79 Å². The molecule has 5 nitrogen and oxygen atoms in total. The van der Waals surface area contributed by atoms with Crippen molar-refractivity contribution in [3.63, 3.8) is 0 Å². The molecule has 1 aliphatic heterocycles. The molecule has 2 N–H and O–H groups in total. The van der Waals surface area contributed by atoms with Gasteiger partial charge in [-0.1, -0.05) is 18.2 Å². The molecule has 1 amide bonds. The number of rotatable bonds is 2. The number of anilines is 1. The molecule has 2 aromatic carbocycles. The number of nitrogens with zero attached hydrogens (tertiary/aromatic N) is 1. The first-order valence-electron chi connectivity index (χ1n) is 6.11. The van der Waals surface area contributed by atoms with E-state index < -0.39 is 16.1 Å². The molecule has 0 aromatic heterocycles. The SMILES string of the molecule is NS(=O)(=O)N1C(=O)Cc2cc(-c3cccc(F)c3)ccc21. The molecule has 1 heterocycles. The van der Waals surface area contributed by atoms with Crippen molar-refractivity contribution in [3.05, 3.63) is 53.8 Å². The summed E-state index contributed by atoms with van der Waals surface area (Å²) in [7, 11) is -4.13. The Morgan fingerprint density at radius 1 is 1.10 bits per heavy atom. The zero-order valence-electron chi connectivity index (χ0n) is 10.8. The van der Waals surface area contributed by atoms with E-state index >= 15 is 0 Å². The van der Waals surface area contributed by atoms with Crippen LogP contribution < -0.4 is 9.44 Å². The minimum atomic E-state index is -4.13. The maximum absolute atomic E-state index is 13.2. The van der Waals surface area contributed by atoms with Crippen LogP contribution in [-0.4, -0.2) is 14.3 Å². The van der Waals surface area contributed by atoms with Crippen LogP contribution in [0.15, 0.2) is 42.5 Å². The molecule has 0 radical (unpaired) electrons. The summed E-state index contributed by atoms with van der Waals surface area (Å²) in [6.45, 7) is 0. The summed E-state index contributed by atoms with van der Waals surface area (Å²) in [6.07, 6.45) is -0.0467. The summed E-state index contributed by atoms with van der Waals surface area (Å²) < 4.78 is 36.7. The fourth-order valence-corrected chi connectivity index (χ4v) is 3.22. The maximum Gasteiger partial charge on any atom is 0.305 e. The molecule has 3 rings (SSSR count). The molecular weight excluding hydrogens is 295 g/mol. The van der Waals surface area contributed by atoms with Crippen LogP contribution in [-0.2, 0) is 21.4 Å². The Hall–Kier alpha value is -2.25. The van der Waals surface area contributed by atoms with E-state index in [2.05, 4.69) is 0 Å². The minimum Gasteiger partial charge on any atom is -0.273 e. The van der Waals surface area contributed by atoms with E-state index in [4.69, 9.17) is 5.14 Å². The van der Waals surface area contributed by atoms with Crippen molar-refractivity contribution in [2.24, 2.45) is 5.14 Å². The molecule has 2 aromatic rings. The normalized spacial score (nSPS) is 14.4. The van der Waals surface area contributed by atoms with Gasteiger partial charge in [0, 0.05) is 0 Å². The standard InChI is InChI=1S/C14H11FN2O3S/c15-12-3-1-2-9(7-12)10-4-5-13-11(6-10)8-14(18)17(13)21(16,19)20/h1-7H,8H2,(H2,16,19,20). The number of carbonyl (C=O) groups is 1. The maximum atomic E-state index is 13.2. The van der Waals surface area contributed by atoms with Gasteiger partial charge in [0.05, 0.1) is 12.1 Å². The highest BCUT2D eigenvalue weighted by atomic mass is 32.2. The van der Waals surface area contributed by atoms with E-state index in [-0.39, 0.29) is 17.9 Å². The number of halogens is 1. The van der Waals surface area contributed by atoms with Gasteiger partial charge in [-0.05, 0) is 41.0 Å². The van der Waals surface area contributed by atoms with Crippen LogP contribution in [0.3, 0.4) is 0 Å². The Bertz CT molecular complexity index is 849. The second-order valence-corrected chi connectivity index (χ2v) is 6.13. The summed E-state index contributed by atoms with van der Waals surface area (Å²) in [5.74, 6) is -0.959. The number of carbonyl (C=O) groups excluding carboxylic acids is 1. The second-order valence-electron chi connectivity index (χ2n) is 4.73. The van der Waals surface area contributed by atoms with E-state index in [1.807, 2.05) is 0 Å². The van der Waals surface area contributed by atoms with Gasteiger partial charge in [0.2, 0.25) is 5.91 Å². The van der Waals surface area contributed by atoms with Gasteiger partial charge in [0.15, 0.2) is 0 Å². The van der Waals surface area contributed by atoms with Crippen molar-refractivity contribution >= 4 is 21.8 Å². The number of fused-ring (bicyclic) bond motifs is 1. The van der Waals surface area contributed by atoms with Crippen LogP contribution in [0.4, 0.5) is 10.1 Å². The summed E-state index contributed by atoms with van der Waals surface area (Å²) in [5.41, 5.74) is 2.16. The molecule has 0 spiro atoms. The quantitative estimate of drug-likeness (QED) is 0.915. The van der Waals surface area contributed by atoms with Gasteiger partial charge in [-0.25, -0.2) is 9.53 Å². The van der Waals surface area contributed by atoms with Crippen LogP contribution in [0.25, 0.3) is 11.1 Å². The Balaban J connectivity index is 2.09. The van der Waals surface area contributed by atoms with Crippen LogP contribution in [0.1, 0.15) is 5.56 Å². The van der Waals surface area contributed by atoms with E-state index in [0.29, 0.717) is 21.0 Å². The van der Waals surface area contributed by atoms with Gasteiger partial charge >= 0.3 is 10.2 Å². The van der Waals surface area contributed by atoms with Gasteiger partial charge in [-0.15, -0.1) is 0 Å². The molecule has 0 saturated carbocycles. The van der Waals surface area contributed by atoms with Crippen molar-refractivity contribution in [2.75, 3.05) is 4.31 Å². The lowest BCUT2D eigenvalue weighted by Crippen LogP contribution is -2.38. The average Bonchev–Trinajstić information content (AvgIpc) is 2.73. The molecule has 108 valence electrons. The highest BCUT2D eigenvalue weighted by Gasteiger charge is 2.34. The first-order valence-corrected chi connectivity index (χ1v) is 7.61. The summed E-state index contributed by atoms with van der Waals surface area (Å²) in [4.78, 5) is 11.8. The average molecular weight is 306 g/mol. The van der Waals surface area contributed by atoms with Gasteiger partial charge in [-0.2, -0.15) is 12.7 Å². The lowest BCUT2D eigenvalue weighted by molar-refractivity contribution is -0.116. The molecule has 1 aliphatic rings. The van der Waals surface area contributed by atoms with E-state index in [1.54, 1.807) is 24.3 Å². The lowest BCUT2D eigenvalue weighted by Gasteiger charge is -2.14.